The summed E-state index contributed by atoms with van der Waals surface area (Å²) in [5, 5.41) is 2.79. The van der Waals surface area contributed by atoms with Gasteiger partial charge in [-0.1, -0.05) is 13.8 Å². The Morgan fingerprint density at radius 3 is 2.71 bits per heavy atom. The van der Waals surface area contributed by atoms with E-state index in [1.165, 1.54) is 5.56 Å². The summed E-state index contributed by atoms with van der Waals surface area (Å²) in [7, 11) is 0. The first-order chi connectivity index (χ1) is 8.00. The number of fused-ring (bicyclic) bond motifs is 1. The fourth-order valence-corrected chi connectivity index (χ4v) is 2.70. The summed E-state index contributed by atoms with van der Waals surface area (Å²) in [4.78, 5) is 15.8. The number of nitrogens with zero attached hydrogens (tertiary/aromatic N) is 1. The predicted molar refractivity (Wildman–Crippen MR) is 68.3 cm³/mol. The second-order valence-electron chi connectivity index (χ2n) is 4.91. The maximum Gasteiger partial charge on any atom is 0.316 e. The van der Waals surface area contributed by atoms with E-state index in [9.17, 15) is 4.79 Å². The summed E-state index contributed by atoms with van der Waals surface area (Å²) in [6, 6.07) is -0.494. The van der Waals surface area contributed by atoms with Crippen LogP contribution in [0.2, 0.25) is 0 Å². The molecule has 4 nitrogen and oxygen atoms in total. The van der Waals surface area contributed by atoms with Crippen LogP contribution in [0.25, 0.3) is 0 Å². The fourth-order valence-electron chi connectivity index (χ4n) is 2.70. The average molecular weight is 233 g/mol. The molecule has 92 valence electrons. The molecule has 0 spiro atoms. The van der Waals surface area contributed by atoms with Crippen molar-refractivity contribution in [3.8, 4) is 0 Å². The van der Waals surface area contributed by atoms with Gasteiger partial charge in [-0.05, 0) is 43.2 Å². The molecule has 17 heavy (non-hydrogen) atoms. The zero-order chi connectivity index (χ0) is 12.6. The van der Waals surface area contributed by atoms with Crippen LogP contribution < -0.4 is 11.1 Å². The van der Waals surface area contributed by atoms with Gasteiger partial charge in [0.15, 0.2) is 0 Å². The molecule has 1 aromatic heterocycles. The van der Waals surface area contributed by atoms with Crippen LogP contribution in [0, 0.1) is 6.92 Å². The minimum absolute atomic E-state index is 0.329. The summed E-state index contributed by atoms with van der Waals surface area (Å²) in [6.07, 6.45) is 3.09. The number of hydrogen-bond donors (Lipinski definition) is 2. The molecular weight excluding hydrogens is 214 g/mol. The average Bonchev–Trinajstić information content (AvgIpc) is 2.63. The van der Waals surface area contributed by atoms with E-state index in [4.69, 9.17) is 5.73 Å². The summed E-state index contributed by atoms with van der Waals surface area (Å²) in [6.45, 7) is 6.22. The molecule has 0 radical (unpaired) electrons. The molecule has 2 rings (SSSR count). The number of carbonyl (C=O) groups excluding carboxylic acids is 1. The van der Waals surface area contributed by atoms with E-state index in [2.05, 4.69) is 24.1 Å². The molecule has 0 bridgehead atoms. The Labute approximate surface area is 102 Å². The van der Waals surface area contributed by atoms with Crippen molar-refractivity contribution in [3.63, 3.8) is 0 Å². The van der Waals surface area contributed by atoms with Crippen LogP contribution >= 0.6 is 0 Å². The predicted octanol–water partition coefficient (Wildman–Crippen LogP) is 2.49. The molecule has 0 saturated heterocycles. The van der Waals surface area contributed by atoms with Gasteiger partial charge in [0.25, 0.3) is 0 Å². The highest BCUT2D eigenvalue weighted by molar-refractivity contribution is 5.90. The van der Waals surface area contributed by atoms with E-state index in [1.807, 2.05) is 6.92 Å². The van der Waals surface area contributed by atoms with Crippen molar-refractivity contribution in [1.82, 2.24) is 4.98 Å². The number of nitrogens with two attached hydrogens (primary N) is 1. The SMILES string of the molecule is Cc1nc2c(c(NC(N)=O)c1C(C)C)CCC2. The van der Waals surface area contributed by atoms with Crippen molar-refractivity contribution in [1.29, 1.82) is 0 Å². The third-order valence-corrected chi connectivity index (χ3v) is 3.28. The third kappa shape index (κ3) is 2.12. The van der Waals surface area contributed by atoms with Gasteiger partial charge in [-0.25, -0.2) is 4.79 Å². The van der Waals surface area contributed by atoms with Crippen molar-refractivity contribution in [2.75, 3.05) is 5.32 Å². The van der Waals surface area contributed by atoms with Gasteiger partial charge in [-0.2, -0.15) is 0 Å². The number of aromatic nitrogens is 1. The molecule has 0 saturated carbocycles. The van der Waals surface area contributed by atoms with E-state index in [-0.39, 0.29) is 0 Å². The molecule has 0 unspecified atom stereocenters. The highest BCUT2D eigenvalue weighted by atomic mass is 16.2. The van der Waals surface area contributed by atoms with Crippen molar-refractivity contribution < 1.29 is 4.79 Å². The van der Waals surface area contributed by atoms with Gasteiger partial charge in [-0.15, -0.1) is 0 Å². The maximum absolute atomic E-state index is 11.1. The Balaban J connectivity index is 2.61. The lowest BCUT2D eigenvalue weighted by atomic mass is 9.96. The second kappa shape index (κ2) is 4.35. The lowest BCUT2D eigenvalue weighted by Crippen LogP contribution is -2.22. The molecule has 0 atom stereocenters. The smallest absolute Gasteiger partial charge is 0.316 e. The number of amides is 2. The minimum Gasteiger partial charge on any atom is -0.351 e. The van der Waals surface area contributed by atoms with E-state index in [0.717, 1.165) is 41.9 Å². The molecule has 3 N–H and O–H groups in total. The van der Waals surface area contributed by atoms with Crippen molar-refractivity contribution in [2.45, 2.75) is 46.0 Å². The summed E-state index contributed by atoms with van der Waals surface area (Å²) in [5.74, 6) is 0.329. The molecule has 2 amide bonds. The van der Waals surface area contributed by atoms with Crippen molar-refractivity contribution in [3.05, 3.63) is 22.5 Å². The first-order valence-electron chi connectivity index (χ1n) is 6.09. The second-order valence-corrected chi connectivity index (χ2v) is 4.91. The highest BCUT2D eigenvalue weighted by Crippen LogP contribution is 2.35. The fraction of sp³-hybridized carbons (Fsp3) is 0.538. The minimum atomic E-state index is -0.494. The van der Waals surface area contributed by atoms with Gasteiger partial charge in [0, 0.05) is 11.4 Å². The number of carbonyl (C=O) groups is 1. The zero-order valence-electron chi connectivity index (χ0n) is 10.6. The quantitative estimate of drug-likeness (QED) is 0.824. The molecule has 0 aliphatic heterocycles. The summed E-state index contributed by atoms with van der Waals surface area (Å²) >= 11 is 0. The Hall–Kier alpha value is -1.58. The van der Waals surface area contributed by atoms with Crippen LogP contribution in [0.5, 0.6) is 0 Å². The van der Waals surface area contributed by atoms with Crippen LogP contribution in [0.1, 0.15) is 48.7 Å². The van der Waals surface area contributed by atoms with Gasteiger partial charge < -0.3 is 11.1 Å². The lowest BCUT2D eigenvalue weighted by molar-refractivity contribution is 0.259. The Bertz CT molecular complexity index is 466. The standard InChI is InChI=1S/C13H19N3O/c1-7(2)11-8(3)15-10-6-4-5-9(10)12(11)16-13(14)17/h7H,4-6H2,1-3H3,(H3,14,15,16,17). The number of aryl methyl sites for hydroxylation is 2. The normalized spacial score (nSPS) is 13.9. The zero-order valence-corrected chi connectivity index (χ0v) is 10.6. The summed E-state index contributed by atoms with van der Waals surface area (Å²) < 4.78 is 0. The summed E-state index contributed by atoms with van der Waals surface area (Å²) in [5.41, 5.74) is 10.6. The van der Waals surface area contributed by atoms with Gasteiger partial charge >= 0.3 is 6.03 Å². The van der Waals surface area contributed by atoms with Crippen LogP contribution in [0.4, 0.5) is 10.5 Å². The topological polar surface area (TPSA) is 68.0 Å². The Morgan fingerprint density at radius 2 is 2.12 bits per heavy atom. The molecule has 1 heterocycles. The molecule has 1 aliphatic carbocycles. The lowest BCUT2D eigenvalue weighted by Gasteiger charge is -2.19. The molecule has 1 aromatic rings. The third-order valence-electron chi connectivity index (χ3n) is 3.28. The number of anilines is 1. The number of nitrogens with one attached hydrogen (secondary N) is 1. The molecule has 1 aliphatic rings. The van der Waals surface area contributed by atoms with Gasteiger partial charge in [0.2, 0.25) is 0 Å². The van der Waals surface area contributed by atoms with Crippen LogP contribution in [0.15, 0.2) is 0 Å². The van der Waals surface area contributed by atoms with Gasteiger partial charge in [-0.3, -0.25) is 4.98 Å². The van der Waals surface area contributed by atoms with E-state index < -0.39 is 6.03 Å². The number of hydrogen-bond acceptors (Lipinski definition) is 2. The Morgan fingerprint density at radius 1 is 1.41 bits per heavy atom. The monoisotopic (exact) mass is 233 g/mol. The number of primary amides is 1. The van der Waals surface area contributed by atoms with Gasteiger partial charge in [0.05, 0.1) is 5.69 Å². The molecule has 0 aromatic carbocycles. The van der Waals surface area contributed by atoms with E-state index in [0.29, 0.717) is 5.92 Å². The van der Waals surface area contributed by atoms with Crippen molar-refractivity contribution in [2.24, 2.45) is 5.73 Å². The largest absolute Gasteiger partial charge is 0.351 e. The van der Waals surface area contributed by atoms with Crippen LogP contribution in [-0.4, -0.2) is 11.0 Å². The number of urea groups is 1. The van der Waals surface area contributed by atoms with Crippen molar-refractivity contribution >= 4 is 11.7 Å². The Kier molecular flexibility index (Phi) is 3.05. The van der Waals surface area contributed by atoms with Crippen LogP contribution in [0.3, 0.4) is 0 Å². The number of pyridine rings is 1. The molecule has 0 fully saturated rings. The highest BCUT2D eigenvalue weighted by Gasteiger charge is 2.23. The first-order valence-corrected chi connectivity index (χ1v) is 6.09. The van der Waals surface area contributed by atoms with E-state index in [1.54, 1.807) is 0 Å². The van der Waals surface area contributed by atoms with Crippen LogP contribution in [-0.2, 0) is 12.8 Å². The first kappa shape index (κ1) is 11.9. The maximum atomic E-state index is 11.1. The van der Waals surface area contributed by atoms with Gasteiger partial charge in [0.1, 0.15) is 0 Å². The molecule has 4 heteroatoms. The number of rotatable bonds is 2. The molecular formula is C13H19N3O. The van der Waals surface area contributed by atoms with E-state index >= 15 is 0 Å².